The lowest BCUT2D eigenvalue weighted by molar-refractivity contribution is -0.132. The number of amides is 3. The predicted octanol–water partition coefficient (Wildman–Crippen LogP) is 2.61. The van der Waals surface area contributed by atoms with Gasteiger partial charge in [-0.05, 0) is 25.0 Å². The van der Waals surface area contributed by atoms with Crippen LogP contribution in [0.5, 0.6) is 0 Å². The molecule has 0 fully saturated rings. The van der Waals surface area contributed by atoms with Crippen molar-refractivity contribution < 1.29 is 14.3 Å². The van der Waals surface area contributed by atoms with E-state index in [2.05, 4.69) is 19.2 Å². The van der Waals surface area contributed by atoms with E-state index in [1.807, 2.05) is 34.8 Å². The largest absolute Gasteiger partial charge is 0.383 e. The summed E-state index contributed by atoms with van der Waals surface area (Å²) in [4.78, 5) is 28.8. The van der Waals surface area contributed by atoms with Crippen LogP contribution >= 0.6 is 0 Å². The highest BCUT2D eigenvalue weighted by atomic mass is 16.5. The molecule has 0 unspecified atom stereocenters. The van der Waals surface area contributed by atoms with Crippen LogP contribution in [0.1, 0.15) is 45.2 Å². The molecule has 0 saturated carbocycles. The van der Waals surface area contributed by atoms with E-state index in [4.69, 9.17) is 4.74 Å². The van der Waals surface area contributed by atoms with Gasteiger partial charge in [0.2, 0.25) is 5.91 Å². The lowest BCUT2D eigenvalue weighted by atomic mass is 10.2. The summed E-state index contributed by atoms with van der Waals surface area (Å²) in [6.45, 7) is 6.91. The minimum atomic E-state index is -0.205. The van der Waals surface area contributed by atoms with Crippen molar-refractivity contribution in [1.29, 1.82) is 0 Å². The minimum absolute atomic E-state index is 0.0357. The Morgan fingerprint density at radius 1 is 1.15 bits per heavy atom. The van der Waals surface area contributed by atoms with Crippen LogP contribution in [0.4, 0.5) is 4.79 Å². The number of hydrogen-bond donors (Lipinski definition) is 1. The molecular weight excluding hydrogens is 344 g/mol. The van der Waals surface area contributed by atoms with E-state index in [1.54, 1.807) is 12.0 Å². The zero-order valence-electron chi connectivity index (χ0n) is 17.4. The van der Waals surface area contributed by atoms with Crippen LogP contribution in [0.3, 0.4) is 0 Å². The van der Waals surface area contributed by atoms with Crippen molar-refractivity contribution in [2.24, 2.45) is 7.05 Å². The third-order valence-electron chi connectivity index (χ3n) is 4.52. The highest BCUT2D eigenvalue weighted by molar-refractivity contribution is 5.84. The van der Waals surface area contributed by atoms with Crippen LogP contribution in [0, 0.1) is 0 Å². The normalized spacial score (nSPS) is 10.7. The summed E-state index contributed by atoms with van der Waals surface area (Å²) in [5.74, 6) is -0.0357. The Kier molecular flexibility index (Phi) is 11.2. The molecule has 3 amide bonds. The molecule has 0 aliphatic heterocycles. The van der Waals surface area contributed by atoms with E-state index in [0.29, 0.717) is 32.8 Å². The summed E-state index contributed by atoms with van der Waals surface area (Å²) in [5.41, 5.74) is 1.08. The van der Waals surface area contributed by atoms with Crippen LogP contribution in [-0.4, -0.2) is 66.2 Å². The molecule has 0 atom stereocenters. The molecule has 154 valence electrons. The van der Waals surface area contributed by atoms with Crippen LogP contribution in [0.25, 0.3) is 0 Å². The molecule has 1 aromatic heterocycles. The van der Waals surface area contributed by atoms with E-state index < -0.39 is 0 Å². The monoisotopic (exact) mass is 380 g/mol. The number of carbonyl (C=O) groups is 2. The third-order valence-corrected chi connectivity index (χ3v) is 4.52. The van der Waals surface area contributed by atoms with Gasteiger partial charge in [0, 0.05) is 45.7 Å². The molecule has 0 bridgehead atoms. The Morgan fingerprint density at radius 2 is 1.89 bits per heavy atom. The number of hydrogen-bond acceptors (Lipinski definition) is 3. The van der Waals surface area contributed by atoms with Gasteiger partial charge in [0.25, 0.3) is 0 Å². The summed E-state index contributed by atoms with van der Waals surface area (Å²) in [6, 6.07) is 3.79. The van der Waals surface area contributed by atoms with Crippen LogP contribution in [-0.2, 0) is 23.1 Å². The molecule has 1 heterocycles. The SMILES string of the molecule is CCCCNC(=O)N(CCOC)CC(=O)N(CCCC)Cc1cccn1C. The van der Waals surface area contributed by atoms with E-state index in [-0.39, 0.29) is 18.5 Å². The number of rotatable bonds is 13. The smallest absolute Gasteiger partial charge is 0.317 e. The van der Waals surface area contributed by atoms with Crippen molar-refractivity contribution in [3.8, 4) is 0 Å². The van der Waals surface area contributed by atoms with Crippen molar-refractivity contribution in [1.82, 2.24) is 19.7 Å². The van der Waals surface area contributed by atoms with E-state index in [1.165, 1.54) is 0 Å². The number of ether oxygens (including phenoxy) is 1. The fourth-order valence-electron chi connectivity index (χ4n) is 2.70. The summed E-state index contributed by atoms with van der Waals surface area (Å²) in [5, 5.41) is 2.89. The lowest BCUT2D eigenvalue weighted by Crippen LogP contribution is -2.48. The molecule has 0 aliphatic carbocycles. The third kappa shape index (κ3) is 8.47. The standard InChI is InChI=1S/C20H36N4O3/c1-5-7-11-21-20(26)24(14-15-27-4)17-19(25)23(13-8-6-2)16-18-10-9-12-22(18)3/h9-10,12H,5-8,11,13-17H2,1-4H3,(H,21,26). The van der Waals surface area contributed by atoms with E-state index in [9.17, 15) is 9.59 Å². The molecule has 7 heteroatoms. The van der Waals surface area contributed by atoms with Crippen LogP contribution in [0.2, 0.25) is 0 Å². The molecule has 0 spiro atoms. The quantitative estimate of drug-likeness (QED) is 0.535. The van der Waals surface area contributed by atoms with Crippen molar-refractivity contribution >= 4 is 11.9 Å². The van der Waals surface area contributed by atoms with Gasteiger partial charge < -0.3 is 24.4 Å². The van der Waals surface area contributed by atoms with Crippen LogP contribution < -0.4 is 5.32 Å². The number of carbonyl (C=O) groups excluding carboxylic acids is 2. The fraction of sp³-hybridized carbons (Fsp3) is 0.700. The molecule has 1 rings (SSSR count). The molecular formula is C20H36N4O3. The number of unbranched alkanes of at least 4 members (excludes halogenated alkanes) is 2. The highest BCUT2D eigenvalue weighted by Crippen LogP contribution is 2.08. The first-order valence-electron chi connectivity index (χ1n) is 9.93. The summed E-state index contributed by atoms with van der Waals surface area (Å²) >= 11 is 0. The minimum Gasteiger partial charge on any atom is -0.383 e. The maximum absolute atomic E-state index is 12.9. The predicted molar refractivity (Wildman–Crippen MR) is 107 cm³/mol. The Morgan fingerprint density at radius 3 is 2.48 bits per heavy atom. The zero-order chi connectivity index (χ0) is 20.1. The van der Waals surface area contributed by atoms with Gasteiger partial charge in [-0.25, -0.2) is 4.79 Å². The summed E-state index contributed by atoms with van der Waals surface area (Å²) in [7, 11) is 3.57. The molecule has 27 heavy (non-hydrogen) atoms. The van der Waals surface area contributed by atoms with Gasteiger partial charge in [-0.1, -0.05) is 26.7 Å². The second kappa shape index (κ2) is 13.2. The van der Waals surface area contributed by atoms with Gasteiger partial charge in [0.05, 0.1) is 13.2 Å². The van der Waals surface area contributed by atoms with Gasteiger partial charge in [0.15, 0.2) is 0 Å². The maximum atomic E-state index is 12.9. The number of methoxy groups -OCH3 is 1. The molecule has 0 radical (unpaired) electrons. The summed E-state index contributed by atoms with van der Waals surface area (Å²) in [6.07, 6.45) is 5.87. The van der Waals surface area contributed by atoms with Crippen molar-refractivity contribution in [3.05, 3.63) is 24.0 Å². The molecule has 7 nitrogen and oxygen atoms in total. The average Bonchev–Trinajstić information content (AvgIpc) is 3.06. The number of nitrogens with zero attached hydrogens (tertiary/aromatic N) is 3. The topological polar surface area (TPSA) is 66.8 Å². The molecule has 0 aromatic carbocycles. The first-order valence-corrected chi connectivity index (χ1v) is 9.93. The fourth-order valence-corrected chi connectivity index (χ4v) is 2.70. The summed E-state index contributed by atoms with van der Waals surface area (Å²) < 4.78 is 7.13. The van der Waals surface area contributed by atoms with Gasteiger partial charge in [0.1, 0.15) is 6.54 Å². The maximum Gasteiger partial charge on any atom is 0.317 e. The zero-order valence-corrected chi connectivity index (χ0v) is 17.4. The Balaban J connectivity index is 2.76. The number of nitrogens with one attached hydrogen (secondary N) is 1. The molecule has 0 saturated heterocycles. The first kappa shape index (κ1) is 23.0. The Labute approximate surface area is 163 Å². The molecule has 1 N–H and O–H groups in total. The average molecular weight is 381 g/mol. The molecule has 1 aromatic rings. The highest BCUT2D eigenvalue weighted by Gasteiger charge is 2.21. The van der Waals surface area contributed by atoms with Gasteiger partial charge in [-0.3, -0.25) is 4.79 Å². The first-order chi connectivity index (χ1) is 13.0. The molecule has 0 aliphatic rings. The lowest BCUT2D eigenvalue weighted by Gasteiger charge is -2.28. The van der Waals surface area contributed by atoms with E-state index in [0.717, 1.165) is 31.4 Å². The van der Waals surface area contributed by atoms with Gasteiger partial charge in [-0.2, -0.15) is 0 Å². The Bertz CT molecular complexity index is 559. The van der Waals surface area contributed by atoms with Crippen molar-refractivity contribution in [2.45, 2.75) is 46.1 Å². The Hall–Kier alpha value is -2.02. The van der Waals surface area contributed by atoms with Crippen molar-refractivity contribution in [3.63, 3.8) is 0 Å². The second-order valence-corrected chi connectivity index (χ2v) is 6.78. The number of aryl methyl sites for hydroxylation is 1. The number of urea groups is 1. The van der Waals surface area contributed by atoms with E-state index >= 15 is 0 Å². The van der Waals surface area contributed by atoms with Crippen molar-refractivity contribution in [2.75, 3.05) is 39.9 Å². The number of aromatic nitrogens is 1. The van der Waals surface area contributed by atoms with Gasteiger partial charge in [-0.15, -0.1) is 0 Å². The van der Waals surface area contributed by atoms with Crippen LogP contribution in [0.15, 0.2) is 18.3 Å². The second-order valence-electron chi connectivity index (χ2n) is 6.78. The van der Waals surface area contributed by atoms with Gasteiger partial charge >= 0.3 is 6.03 Å².